The zero-order valence-corrected chi connectivity index (χ0v) is 15.1. The van der Waals surface area contributed by atoms with Gasteiger partial charge in [-0.3, -0.25) is 0 Å². The molecule has 9 heteroatoms. The van der Waals surface area contributed by atoms with E-state index in [1.807, 2.05) is 0 Å². The Labute approximate surface area is 166 Å². The molecule has 2 nitrogen and oxygen atoms in total. The molecule has 0 atom stereocenters. The second-order valence-electron chi connectivity index (χ2n) is 6.20. The summed E-state index contributed by atoms with van der Waals surface area (Å²) in [5, 5.41) is -0.392. The van der Waals surface area contributed by atoms with Crippen LogP contribution in [-0.4, -0.2) is 19.4 Å². The molecule has 0 N–H and O–H groups in total. The summed E-state index contributed by atoms with van der Waals surface area (Å²) in [6.45, 7) is 1.58. The van der Waals surface area contributed by atoms with E-state index in [0.717, 1.165) is 36.4 Å². The number of ether oxygens (including phenoxy) is 2. The van der Waals surface area contributed by atoms with Crippen LogP contribution in [0.15, 0.2) is 49.1 Å². The van der Waals surface area contributed by atoms with Gasteiger partial charge in [-0.1, -0.05) is 24.8 Å². The van der Waals surface area contributed by atoms with Crippen molar-refractivity contribution in [2.24, 2.45) is 0 Å². The summed E-state index contributed by atoms with van der Waals surface area (Å²) < 4.78 is 104. The molecule has 3 rings (SSSR count). The zero-order chi connectivity index (χ0) is 22.1. The van der Waals surface area contributed by atoms with Crippen LogP contribution in [0.5, 0.6) is 11.5 Å². The maximum atomic E-state index is 14.5. The van der Waals surface area contributed by atoms with Crippen molar-refractivity contribution in [3.05, 3.63) is 72.3 Å². The number of hydrogen-bond acceptors (Lipinski definition) is 2. The van der Waals surface area contributed by atoms with Crippen LogP contribution in [0.3, 0.4) is 0 Å². The van der Waals surface area contributed by atoms with Gasteiger partial charge < -0.3 is 9.47 Å². The Morgan fingerprint density at radius 1 is 0.867 bits per heavy atom. The molecular weight excluding hydrogens is 417 g/mol. The highest BCUT2D eigenvalue weighted by atomic mass is 19.4. The maximum absolute atomic E-state index is 14.5. The third kappa shape index (κ3) is 4.50. The molecule has 0 aromatic heterocycles. The van der Waals surface area contributed by atoms with E-state index in [1.54, 1.807) is 0 Å². The quantitative estimate of drug-likeness (QED) is 0.325. The van der Waals surface area contributed by atoms with Gasteiger partial charge in [0.25, 0.3) is 0 Å². The van der Waals surface area contributed by atoms with E-state index in [1.165, 1.54) is 6.08 Å². The van der Waals surface area contributed by atoms with Gasteiger partial charge in [0, 0.05) is 17.5 Å². The lowest BCUT2D eigenvalue weighted by Gasteiger charge is -2.13. The van der Waals surface area contributed by atoms with Crippen molar-refractivity contribution in [1.29, 1.82) is 0 Å². The molecule has 0 aliphatic heterocycles. The van der Waals surface area contributed by atoms with Crippen LogP contribution in [0.4, 0.5) is 30.7 Å². The predicted molar refractivity (Wildman–Crippen MR) is 96.5 cm³/mol. The fraction of sp³-hybridized carbons (Fsp3) is 0.143. The summed E-state index contributed by atoms with van der Waals surface area (Å²) in [7, 11) is 0. The number of benzene rings is 3. The van der Waals surface area contributed by atoms with Gasteiger partial charge in [-0.25, -0.2) is 17.6 Å². The van der Waals surface area contributed by atoms with E-state index >= 15 is 0 Å². The highest BCUT2D eigenvalue weighted by Gasteiger charge is 2.30. The highest BCUT2D eigenvalue weighted by molar-refractivity contribution is 5.89. The lowest BCUT2D eigenvalue weighted by molar-refractivity contribution is -0.154. The van der Waals surface area contributed by atoms with Crippen LogP contribution in [0.25, 0.3) is 21.9 Å². The van der Waals surface area contributed by atoms with E-state index in [0.29, 0.717) is 0 Å². The first-order chi connectivity index (χ1) is 14.1. The molecular formula is C21H13F7O2. The minimum Gasteiger partial charge on any atom is -0.489 e. The number of fused-ring (bicyclic) bond motifs is 1. The van der Waals surface area contributed by atoms with Gasteiger partial charge in [0.1, 0.15) is 24.0 Å². The van der Waals surface area contributed by atoms with Crippen molar-refractivity contribution in [3.8, 4) is 22.6 Å². The van der Waals surface area contributed by atoms with Crippen LogP contribution in [-0.2, 0) is 0 Å². The topological polar surface area (TPSA) is 18.5 Å². The van der Waals surface area contributed by atoms with Crippen LogP contribution in [0, 0.1) is 23.3 Å². The average Bonchev–Trinajstić information content (AvgIpc) is 2.64. The number of rotatable bonds is 6. The lowest BCUT2D eigenvalue weighted by Crippen LogP contribution is -2.20. The standard InChI is InChI=1S/C21H13F7O2/c1-2-5-29-13-8-15(22)18(16(23)9-13)11-3-4-14-12(6-11)7-17(24)20(19(14)25)30-10-21(26,27)28/h2-4,6-9H,1,5,10H2. The Morgan fingerprint density at radius 3 is 2.13 bits per heavy atom. The van der Waals surface area contributed by atoms with E-state index in [2.05, 4.69) is 11.3 Å². The van der Waals surface area contributed by atoms with E-state index in [9.17, 15) is 30.7 Å². The summed E-state index contributed by atoms with van der Waals surface area (Å²) in [4.78, 5) is 0. The molecule has 0 bridgehead atoms. The molecule has 0 saturated heterocycles. The highest BCUT2D eigenvalue weighted by Crippen LogP contribution is 2.35. The zero-order valence-electron chi connectivity index (χ0n) is 15.1. The molecule has 0 radical (unpaired) electrons. The van der Waals surface area contributed by atoms with Crippen molar-refractivity contribution in [3.63, 3.8) is 0 Å². The first kappa shape index (κ1) is 21.5. The summed E-state index contributed by atoms with van der Waals surface area (Å²) >= 11 is 0. The van der Waals surface area contributed by atoms with Crippen molar-refractivity contribution < 1.29 is 40.2 Å². The van der Waals surface area contributed by atoms with Gasteiger partial charge in [-0.05, 0) is 23.1 Å². The Balaban J connectivity index is 2.03. The molecule has 0 fully saturated rings. The van der Waals surface area contributed by atoms with Crippen molar-refractivity contribution in [2.75, 3.05) is 13.2 Å². The minimum absolute atomic E-state index is 0.0319. The molecule has 0 aliphatic carbocycles. The van der Waals surface area contributed by atoms with Crippen LogP contribution in [0.1, 0.15) is 0 Å². The fourth-order valence-corrected chi connectivity index (χ4v) is 2.82. The lowest BCUT2D eigenvalue weighted by atomic mass is 9.99. The first-order valence-electron chi connectivity index (χ1n) is 8.45. The molecule has 3 aromatic carbocycles. The van der Waals surface area contributed by atoms with Crippen molar-refractivity contribution >= 4 is 10.8 Å². The summed E-state index contributed by atoms with van der Waals surface area (Å²) in [5.41, 5.74) is -0.489. The Kier molecular flexibility index (Phi) is 5.91. The molecule has 0 amide bonds. The third-order valence-corrected chi connectivity index (χ3v) is 4.04. The summed E-state index contributed by atoms with van der Waals surface area (Å²) in [5.74, 6) is -5.93. The molecule has 30 heavy (non-hydrogen) atoms. The second kappa shape index (κ2) is 8.25. The fourth-order valence-electron chi connectivity index (χ4n) is 2.82. The SMILES string of the molecule is C=CCOc1cc(F)c(-c2ccc3c(F)c(OCC(F)(F)F)c(F)cc3c2)c(F)c1. The molecule has 0 heterocycles. The summed E-state index contributed by atoms with van der Waals surface area (Å²) in [6, 6.07) is 5.96. The second-order valence-corrected chi connectivity index (χ2v) is 6.20. The smallest absolute Gasteiger partial charge is 0.422 e. The minimum atomic E-state index is -4.78. The van der Waals surface area contributed by atoms with Crippen molar-refractivity contribution in [1.82, 2.24) is 0 Å². The van der Waals surface area contributed by atoms with Crippen molar-refractivity contribution in [2.45, 2.75) is 6.18 Å². The van der Waals surface area contributed by atoms with Gasteiger partial charge in [0.2, 0.25) is 0 Å². The average molecular weight is 430 g/mol. The van der Waals surface area contributed by atoms with Gasteiger partial charge in [0.15, 0.2) is 24.0 Å². The van der Waals surface area contributed by atoms with Crippen LogP contribution >= 0.6 is 0 Å². The van der Waals surface area contributed by atoms with E-state index < -0.39 is 47.4 Å². The molecule has 0 spiro atoms. The summed E-state index contributed by atoms with van der Waals surface area (Å²) in [6.07, 6.45) is -3.39. The molecule has 0 saturated carbocycles. The molecule has 0 unspecified atom stereocenters. The number of halogens is 7. The molecule has 0 aliphatic rings. The van der Waals surface area contributed by atoms with Crippen LogP contribution < -0.4 is 9.47 Å². The predicted octanol–water partition coefficient (Wildman–Crippen LogP) is 6.57. The normalized spacial score (nSPS) is 11.6. The number of alkyl halides is 3. The third-order valence-electron chi connectivity index (χ3n) is 4.04. The maximum Gasteiger partial charge on any atom is 0.422 e. The first-order valence-corrected chi connectivity index (χ1v) is 8.45. The largest absolute Gasteiger partial charge is 0.489 e. The molecule has 3 aromatic rings. The van der Waals surface area contributed by atoms with Gasteiger partial charge in [-0.15, -0.1) is 0 Å². The monoisotopic (exact) mass is 430 g/mol. The van der Waals surface area contributed by atoms with E-state index in [-0.39, 0.29) is 28.7 Å². The Bertz CT molecular complexity index is 1080. The van der Waals surface area contributed by atoms with E-state index in [4.69, 9.17) is 4.74 Å². The Hall–Kier alpha value is -3.23. The van der Waals surface area contributed by atoms with Gasteiger partial charge >= 0.3 is 6.18 Å². The van der Waals surface area contributed by atoms with Crippen LogP contribution in [0.2, 0.25) is 0 Å². The van der Waals surface area contributed by atoms with Gasteiger partial charge in [-0.2, -0.15) is 13.2 Å². The Morgan fingerprint density at radius 2 is 1.53 bits per heavy atom. The molecule has 158 valence electrons. The van der Waals surface area contributed by atoms with Gasteiger partial charge in [0.05, 0.1) is 5.56 Å². The number of hydrogen-bond donors (Lipinski definition) is 0.